The largest absolute Gasteiger partial charge is 0.466 e. The summed E-state index contributed by atoms with van der Waals surface area (Å²) >= 11 is 1.70. The van der Waals surface area contributed by atoms with Gasteiger partial charge in [0, 0.05) is 10.9 Å². The zero-order valence-corrected chi connectivity index (χ0v) is 12.4. The quantitative estimate of drug-likeness (QED) is 0.810. The molecule has 1 saturated carbocycles. The van der Waals surface area contributed by atoms with E-state index in [2.05, 4.69) is 11.4 Å². The van der Waals surface area contributed by atoms with Crippen LogP contribution in [0.1, 0.15) is 56.4 Å². The Balaban J connectivity index is 2.01. The predicted octanol–water partition coefficient (Wildman–Crippen LogP) is 3.65. The summed E-state index contributed by atoms with van der Waals surface area (Å²) in [6.07, 6.45) is 6.04. The van der Waals surface area contributed by atoms with Gasteiger partial charge in [0.2, 0.25) is 0 Å². The average Bonchev–Trinajstić information content (AvgIpc) is 3.00. The van der Waals surface area contributed by atoms with Gasteiger partial charge in [-0.3, -0.25) is 4.79 Å². The highest BCUT2D eigenvalue weighted by atomic mass is 32.1. The second kappa shape index (κ2) is 6.53. The summed E-state index contributed by atoms with van der Waals surface area (Å²) in [5, 5.41) is 2.06. The zero-order chi connectivity index (χ0) is 13.7. The van der Waals surface area contributed by atoms with Gasteiger partial charge in [-0.1, -0.05) is 18.9 Å². The van der Waals surface area contributed by atoms with E-state index < -0.39 is 0 Å². The fraction of sp³-hybridized carbons (Fsp3) is 0.667. The highest BCUT2D eigenvalue weighted by Gasteiger charge is 2.38. The molecule has 1 aromatic rings. The van der Waals surface area contributed by atoms with Crippen LogP contribution in [0.3, 0.4) is 0 Å². The summed E-state index contributed by atoms with van der Waals surface area (Å²) < 4.78 is 5.12. The smallest absolute Gasteiger partial charge is 0.306 e. The number of esters is 1. The van der Waals surface area contributed by atoms with Crippen molar-refractivity contribution in [3.05, 3.63) is 22.4 Å². The number of hydrogen-bond acceptors (Lipinski definition) is 4. The minimum atomic E-state index is -0.0669. The van der Waals surface area contributed by atoms with Gasteiger partial charge >= 0.3 is 5.97 Å². The summed E-state index contributed by atoms with van der Waals surface area (Å²) in [4.78, 5) is 13.0. The minimum Gasteiger partial charge on any atom is -0.466 e. The van der Waals surface area contributed by atoms with Crippen LogP contribution in [0, 0.1) is 5.41 Å². The number of nitrogens with two attached hydrogens (primary N) is 1. The van der Waals surface area contributed by atoms with Gasteiger partial charge in [-0.25, -0.2) is 0 Å². The molecule has 1 heterocycles. The first kappa shape index (κ1) is 14.5. The van der Waals surface area contributed by atoms with Crippen molar-refractivity contribution in [1.29, 1.82) is 0 Å². The van der Waals surface area contributed by atoms with Gasteiger partial charge in [0.05, 0.1) is 13.0 Å². The molecule has 1 aliphatic rings. The van der Waals surface area contributed by atoms with E-state index in [0.717, 1.165) is 19.3 Å². The third kappa shape index (κ3) is 3.80. The van der Waals surface area contributed by atoms with E-state index in [4.69, 9.17) is 10.5 Å². The third-order valence-corrected chi connectivity index (χ3v) is 5.05. The third-order valence-electron chi connectivity index (χ3n) is 4.05. The van der Waals surface area contributed by atoms with E-state index in [1.165, 1.54) is 17.7 Å². The zero-order valence-electron chi connectivity index (χ0n) is 11.6. The molecule has 19 heavy (non-hydrogen) atoms. The van der Waals surface area contributed by atoms with Crippen LogP contribution in [0.4, 0.5) is 0 Å². The molecule has 106 valence electrons. The predicted molar refractivity (Wildman–Crippen MR) is 78.0 cm³/mol. The molecular weight excluding hydrogens is 258 g/mol. The maximum Gasteiger partial charge on any atom is 0.306 e. The number of rotatable bonds is 6. The van der Waals surface area contributed by atoms with E-state index in [-0.39, 0.29) is 17.4 Å². The van der Waals surface area contributed by atoms with Gasteiger partial charge in [0.25, 0.3) is 0 Å². The molecule has 1 unspecified atom stereocenters. The van der Waals surface area contributed by atoms with Crippen LogP contribution in [0.5, 0.6) is 0 Å². The van der Waals surface area contributed by atoms with Crippen molar-refractivity contribution in [2.24, 2.45) is 11.1 Å². The molecule has 1 aliphatic carbocycles. The lowest BCUT2D eigenvalue weighted by molar-refractivity contribution is -0.146. The number of thiophene rings is 1. The number of hydrogen-bond donors (Lipinski definition) is 1. The van der Waals surface area contributed by atoms with E-state index >= 15 is 0 Å². The van der Waals surface area contributed by atoms with E-state index in [1.54, 1.807) is 11.3 Å². The van der Waals surface area contributed by atoms with Crippen LogP contribution in [0.15, 0.2) is 17.5 Å². The van der Waals surface area contributed by atoms with Gasteiger partial charge in [-0.15, -0.1) is 11.3 Å². The second-order valence-electron chi connectivity index (χ2n) is 5.51. The molecule has 0 aliphatic heterocycles. The lowest BCUT2D eigenvalue weighted by atomic mass is 9.77. The Hall–Kier alpha value is -0.870. The molecule has 1 fully saturated rings. The van der Waals surface area contributed by atoms with Gasteiger partial charge in [-0.2, -0.15) is 0 Å². The van der Waals surface area contributed by atoms with Crippen LogP contribution in [-0.2, 0) is 9.53 Å². The van der Waals surface area contributed by atoms with Crippen LogP contribution in [0.25, 0.3) is 0 Å². The normalized spacial score (nSPS) is 19.3. The van der Waals surface area contributed by atoms with Crippen molar-refractivity contribution in [2.45, 2.75) is 51.5 Å². The molecule has 2 rings (SSSR count). The monoisotopic (exact) mass is 281 g/mol. The van der Waals surface area contributed by atoms with Gasteiger partial charge in [-0.05, 0) is 43.0 Å². The van der Waals surface area contributed by atoms with Crippen LogP contribution >= 0.6 is 11.3 Å². The molecule has 1 aromatic heterocycles. The lowest BCUT2D eigenvalue weighted by Crippen LogP contribution is -2.27. The maximum atomic E-state index is 11.8. The molecule has 0 spiro atoms. The fourth-order valence-corrected chi connectivity index (χ4v) is 3.90. The summed E-state index contributed by atoms with van der Waals surface area (Å²) in [5.74, 6) is -0.0669. The molecular formula is C15H23NO2S. The Kier molecular flexibility index (Phi) is 4.99. The van der Waals surface area contributed by atoms with Gasteiger partial charge < -0.3 is 10.5 Å². The molecule has 3 nitrogen and oxygen atoms in total. The fourth-order valence-electron chi connectivity index (χ4n) is 3.17. The van der Waals surface area contributed by atoms with E-state index in [0.29, 0.717) is 13.0 Å². The van der Waals surface area contributed by atoms with Crippen molar-refractivity contribution >= 4 is 17.3 Å². The topological polar surface area (TPSA) is 52.3 Å². The number of carbonyl (C=O) groups excluding carboxylic acids is 1. The summed E-state index contributed by atoms with van der Waals surface area (Å²) in [6.45, 7) is 2.32. The molecule has 0 saturated heterocycles. The molecule has 0 aromatic carbocycles. The second-order valence-corrected chi connectivity index (χ2v) is 6.49. The van der Waals surface area contributed by atoms with Gasteiger partial charge in [0.15, 0.2) is 0 Å². The first-order valence-corrected chi connectivity index (χ1v) is 7.98. The highest BCUT2D eigenvalue weighted by molar-refractivity contribution is 7.10. The van der Waals surface area contributed by atoms with Crippen LogP contribution in [-0.4, -0.2) is 12.6 Å². The first-order valence-electron chi connectivity index (χ1n) is 7.10. The van der Waals surface area contributed by atoms with Crippen molar-refractivity contribution in [3.63, 3.8) is 0 Å². The van der Waals surface area contributed by atoms with Crippen molar-refractivity contribution < 1.29 is 9.53 Å². The molecule has 0 amide bonds. The molecule has 0 radical (unpaired) electrons. The molecule has 1 atom stereocenters. The highest BCUT2D eigenvalue weighted by Crippen LogP contribution is 2.47. The number of carbonyl (C=O) groups is 1. The molecule has 4 heteroatoms. The van der Waals surface area contributed by atoms with Crippen molar-refractivity contribution in [3.8, 4) is 0 Å². The molecule has 2 N–H and O–H groups in total. The Morgan fingerprint density at radius 1 is 1.53 bits per heavy atom. The van der Waals surface area contributed by atoms with Crippen molar-refractivity contribution in [1.82, 2.24) is 0 Å². The van der Waals surface area contributed by atoms with E-state index in [9.17, 15) is 4.79 Å². The maximum absolute atomic E-state index is 11.8. The van der Waals surface area contributed by atoms with Gasteiger partial charge in [0.1, 0.15) is 0 Å². The average molecular weight is 281 g/mol. The van der Waals surface area contributed by atoms with Crippen LogP contribution in [0.2, 0.25) is 0 Å². The standard InChI is InChI=1S/C15H23NO2S/c1-2-18-14(17)11-15(7-3-4-8-15)10-12(16)13-6-5-9-19-13/h5-6,9,12H,2-4,7-8,10-11,16H2,1H3. The summed E-state index contributed by atoms with van der Waals surface area (Å²) in [6, 6.07) is 4.17. The van der Waals surface area contributed by atoms with Crippen LogP contribution < -0.4 is 5.73 Å². The Labute approximate surface area is 119 Å². The molecule has 0 bridgehead atoms. The first-order chi connectivity index (χ1) is 9.15. The minimum absolute atomic E-state index is 0.0486. The summed E-state index contributed by atoms with van der Waals surface area (Å²) in [5.41, 5.74) is 6.38. The van der Waals surface area contributed by atoms with E-state index in [1.807, 2.05) is 13.0 Å². The Morgan fingerprint density at radius 2 is 2.26 bits per heavy atom. The van der Waals surface area contributed by atoms with Crippen molar-refractivity contribution in [2.75, 3.05) is 6.61 Å². The number of ether oxygens (including phenoxy) is 1. The summed E-state index contributed by atoms with van der Waals surface area (Å²) in [7, 11) is 0. The lowest BCUT2D eigenvalue weighted by Gasteiger charge is -2.30. The Bertz CT molecular complexity index is 396. The SMILES string of the molecule is CCOC(=O)CC1(CC(N)c2cccs2)CCCC1. The Morgan fingerprint density at radius 3 is 2.84 bits per heavy atom.